The van der Waals surface area contributed by atoms with E-state index < -0.39 is 0 Å². The standard InChI is InChI=1S/C26H38N10O/c1-16(2)37-23-19(13-18(27)22(32-23)35(8)12-11-34(6)7)31-24-28-15-29-25(33-24)36-14-26(4,5)21-20(36)10-9-17(3)30-21/h9-10,13,15-16H,11-12,14,27H2,1-8H3,(H,28,29,31,33). The van der Waals surface area contributed by atoms with Crippen molar-refractivity contribution in [3.8, 4) is 5.88 Å². The zero-order valence-electron chi connectivity index (χ0n) is 23.1. The highest BCUT2D eigenvalue weighted by Crippen LogP contribution is 2.42. The number of nitrogen functional groups attached to an aromatic ring is 1. The largest absolute Gasteiger partial charge is 0.473 e. The topological polar surface area (TPSA) is 121 Å². The van der Waals surface area contributed by atoms with Gasteiger partial charge in [-0.3, -0.25) is 4.98 Å². The molecule has 4 rings (SSSR count). The van der Waals surface area contributed by atoms with Gasteiger partial charge in [-0.25, -0.2) is 9.97 Å². The normalized spacial score (nSPS) is 14.3. The van der Waals surface area contributed by atoms with Gasteiger partial charge in [0.05, 0.1) is 23.2 Å². The van der Waals surface area contributed by atoms with E-state index in [2.05, 4.69) is 45.0 Å². The van der Waals surface area contributed by atoms with Gasteiger partial charge in [-0.1, -0.05) is 13.8 Å². The molecule has 3 aromatic rings. The average Bonchev–Trinajstić information content (AvgIpc) is 3.09. The monoisotopic (exact) mass is 506 g/mol. The van der Waals surface area contributed by atoms with Crippen LogP contribution < -0.4 is 25.6 Å². The van der Waals surface area contributed by atoms with E-state index in [1.54, 1.807) is 0 Å². The van der Waals surface area contributed by atoms with Crippen molar-refractivity contribution in [3.05, 3.63) is 35.9 Å². The molecule has 0 aliphatic carbocycles. The second kappa shape index (κ2) is 10.3. The van der Waals surface area contributed by atoms with E-state index in [0.29, 0.717) is 41.5 Å². The van der Waals surface area contributed by atoms with Crippen molar-refractivity contribution >= 4 is 34.8 Å². The van der Waals surface area contributed by atoms with Gasteiger partial charge in [-0.2, -0.15) is 9.97 Å². The summed E-state index contributed by atoms with van der Waals surface area (Å²) < 4.78 is 6.05. The Morgan fingerprint density at radius 1 is 1.11 bits per heavy atom. The van der Waals surface area contributed by atoms with E-state index in [9.17, 15) is 0 Å². The lowest BCUT2D eigenvalue weighted by molar-refractivity contribution is 0.234. The summed E-state index contributed by atoms with van der Waals surface area (Å²) in [6.45, 7) is 12.6. The summed E-state index contributed by atoms with van der Waals surface area (Å²) in [5, 5.41) is 3.25. The summed E-state index contributed by atoms with van der Waals surface area (Å²) >= 11 is 0. The lowest BCUT2D eigenvalue weighted by Crippen LogP contribution is -2.29. The van der Waals surface area contributed by atoms with Crippen molar-refractivity contribution in [2.45, 2.75) is 46.1 Å². The molecule has 0 amide bonds. The van der Waals surface area contributed by atoms with Crippen LogP contribution in [0.2, 0.25) is 0 Å². The molecule has 0 unspecified atom stereocenters. The number of fused-ring (bicyclic) bond motifs is 1. The molecule has 3 N–H and O–H groups in total. The number of nitrogens with zero attached hydrogens (tertiary/aromatic N) is 8. The van der Waals surface area contributed by atoms with Crippen LogP contribution in [0.4, 0.5) is 34.8 Å². The smallest absolute Gasteiger partial charge is 0.240 e. The van der Waals surface area contributed by atoms with E-state index in [0.717, 1.165) is 30.2 Å². The van der Waals surface area contributed by atoms with E-state index in [1.807, 2.05) is 58.9 Å². The number of rotatable bonds is 9. The SMILES string of the molecule is Cc1ccc2c(n1)C(C)(C)CN2c1ncnc(Nc2cc(N)c(N(C)CCN(C)C)nc2OC(C)C)n1. The Hall–Kier alpha value is -3.73. The van der Waals surface area contributed by atoms with Crippen LogP contribution in [0.25, 0.3) is 0 Å². The van der Waals surface area contributed by atoms with Gasteiger partial charge >= 0.3 is 0 Å². The first-order valence-electron chi connectivity index (χ1n) is 12.5. The molecule has 11 heteroatoms. The predicted octanol–water partition coefficient (Wildman–Crippen LogP) is 3.51. The molecule has 0 saturated heterocycles. The summed E-state index contributed by atoms with van der Waals surface area (Å²) in [6, 6.07) is 5.90. The number of likely N-dealkylation sites (N-methyl/N-ethyl adjacent to an activating group) is 2. The number of nitrogens with two attached hydrogens (primary N) is 1. The minimum absolute atomic E-state index is 0.0789. The fraction of sp³-hybridized carbons (Fsp3) is 0.500. The van der Waals surface area contributed by atoms with Crippen LogP contribution in [0.5, 0.6) is 5.88 Å². The Balaban J connectivity index is 1.64. The summed E-state index contributed by atoms with van der Waals surface area (Å²) in [5.41, 5.74) is 10.5. The van der Waals surface area contributed by atoms with Crippen LogP contribution in [0.3, 0.4) is 0 Å². The number of hydrogen-bond donors (Lipinski definition) is 2. The molecule has 0 bridgehead atoms. The number of ether oxygens (including phenoxy) is 1. The Kier molecular flexibility index (Phi) is 7.35. The van der Waals surface area contributed by atoms with Gasteiger partial charge < -0.3 is 30.5 Å². The Bertz CT molecular complexity index is 1260. The van der Waals surface area contributed by atoms with Crippen LogP contribution in [-0.2, 0) is 5.41 Å². The molecule has 11 nitrogen and oxygen atoms in total. The van der Waals surface area contributed by atoms with E-state index in [1.165, 1.54) is 6.33 Å². The van der Waals surface area contributed by atoms with Crippen LogP contribution in [0, 0.1) is 6.92 Å². The molecular formula is C26H38N10O. The van der Waals surface area contributed by atoms with E-state index in [4.69, 9.17) is 25.4 Å². The highest BCUT2D eigenvalue weighted by atomic mass is 16.5. The van der Waals surface area contributed by atoms with E-state index in [-0.39, 0.29) is 11.5 Å². The maximum Gasteiger partial charge on any atom is 0.240 e. The Morgan fingerprint density at radius 3 is 2.57 bits per heavy atom. The molecule has 1 aliphatic rings. The number of anilines is 6. The van der Waals surface area contributed by atoms with Gasteiger partial charge in [-0.05, 0) is 53.1 Å². The maximum atomic E-state index is 6.42. The minimum atomic E-state index is -0.132. The molecule has 0 fully saturated rings. The highest BCUT2D eigenvalue weighted by Gasteiger charge is 2.38. The van der Waals surface area contributed by atoms with Gasteiger partial charge in [0.25, 0.3) is 0 Å². The molecule has 3 aromatic heterocycles. The molecule has 0 saturated carbocycles. The lowest BCUT2D eigenvalue weighted by Gasteiger charge is -2.24. The van der Waals surface area contributed by atoms with Crippen molar-refractivity contribution in [2.75, 3.05) is 61.6 Å². The second-order valence-corrected chi connectivity index (χ2v) is 10.7. The van der Waals surface area contributed by atoms with Crippen molar-refractivity contribution in [1.29, 1.82) is 0 Å². The lowest BCUT2D eigenvalue weighted by atomic mass is 9.91. The zero-order chi connectivity index (χ0) is 26.9. The number of aryl methyl sites for hydroxylation is 1. The highest BCUT2D eigenvalue weighted by molar-refractivity contribution is 5.74. The fourth-order valence-corrected chi connectivity index (χ4v) is 4.26. The average molecular weight is 507 g/mol. The summed E-state index contributed by atoms with van der Waals surface area (Å²) in [4.78, 5) is 29.3. The molecular weight excluding hydrogens is 468 g/mol. The van der Waals surface area contributed by atoms with Crippen molar-refractivity contribution in [2.24, 2.45) is 0 Å². The third-order valence-corrected chi connectivity index (χ3v) is 6.13. The number of pyridine rings is 2. The van der Waals surface area contributed by atoms with Crippen LogP contribution in [0.1, 0.15) is 39.1 Å². The molecule has 0 aromatic carbocycles. The van der Waals surface area contributed by atoms with Gasteiger partial charge in [0.2, 0.25) is 17.8 Å². The maximum absolute atomic E-state index is 6.42. The predicted molar refractivity (Wildman–Crippen MR) is 148 cm³/mol. The first-order valence-corrected chi connectivity index (χ1v) is 12.5. The van der Waals surface area contributed by atoms with E-state index >= 15 is 0 Å². The summed E-state index contributed by atoms with van der Waals surface area (Å²) in [5.74, 6) is 2.02. The van der Waals surface area contributed by atoms with Gasteiger partial charge in [0, 0.05) is 37.8 Å². The van der Waals surface area contributed by atoms with Crippen molar-refractivity contribution < 1.29 is 4.74 Å². The molecule has 4 heterocycles. The first kappa shape index (κ1) is 26.3. The van der Waals surface area contributed by atoms with Gasteiger partial charge in [0.15, 0.2) is 5.82 Å². The third kappa shape index (κ3) is 5.82. The Morgan fingerprint density at radius 2 is 1.86 bits per heavy atom. The first-order chi connectivity index (χ1) is 17.4. The quantitative estimate of drug-likeness (QED) is 0.443. The number of hydrogen-bond acceptors (Lipinski definition) is 11. The van der Waals surface area contributed by atoms with Crippen molar-refractivity contribution in [3.63, 3.8) is 0 Å². The van der Waals surface area contributed by atoms with Crippen molar-refractivity contribution in [1.82, 2.24) is 29.8 Å². The molecule has 0 spiro atoms. The molecule has 1 aliphatic heterocycles. The zero-order valence-corrected chi connectivity index (χ0v) is 23.1. The summed E-state index contributed by atoms with van der Waals surface area (Å²) in [6.07, 6.45) is 1.42. The van der Waals surface area contributed by atoms with Crippen LogP contribution in [-0.4, -0.2) is 76.7 Å². The Labute approximate surface area is 219 Å². The van der Waals surface area contributed by atoms with Gasteiger partial charge in [0.1, 0.15) is 12.0 Å². The van der Waals surface area contributed by atoms with Gasteiger partial charge in [-0.15, -0.1) is 0 Å². The third-order valence-electron chi connectivity index (χ3n) is 6.13. The second-order valence-electron chi connectivity index (χ2n) is 10.7. The van der Waals surface area contributed by atoms with Crippen LogP contribution >= 0.6 is 0 Å². The molecule has 198 valence electrons. The fourth-order valence-electron chi connectivity index (χ4n) is 4.26. The molecule has 0 atom stereocenters. The summed E-state index contributed by atoms with van der Waals surface area (Å²) in [7, 11) is 6.04. The molecule has 0 radical (unpaired) electrons. The van der Waals surface area contributed by atoms with Crippen LogP contribution in [0.15, 0.2) is 24.5 Å². The minimum Gasteiger partial charge on any atom is -0.473 e. The molecule has 37 heavy (non-hydrogen) atoms. The number of nitrogens with one attached hydrogen (secondary N) is 1. The number of aromatic nitrogens is 5.